The van der Waals surface area contributed by atoms with E-state index in [-0.39, 0.29) is 5.91 Å². The van der Waals surface area contributed by atoms with Gasteiger partial charge in [0.25, 0.3) is 0 Å². The van der Waals surface area contributed by atoms with Crippen LogP contribution in [0.2, 0.25) is 0 Å². The second-order valence-electron chi connectivity index (χ2n) is 5.86. The van der Waals surface area contributed by atoms with Crippen LogP contribution in [-0.2, 0) is 11.2 Å². The lowest BCUT2D eigenvalue weighted by Gasteiger charge is -2.36. The van der Waals surface area contributed by atoms with Crippen molar-refractivity contribution in [1.82, 2.24) is 4.90 Å². The Bertz CT molecular complexity index is 458. The second kappa shape index (κ2) is 6.78. The molecule has 3 heteroatoms. The van der Waals surface area contributed by atoms with Gasteiger partial charge in [-0.15, -0.1) is 0 Å². The Morgan fingerprint density at radius 2 is 2.10 bits per heavy atom. The fourth-order valence-electron chi connectivity index (χ4n) is 3.14. The molecule has 2 rings (SSSR count). The van der Waals surface area contributed by atoms with Crippen molar-refractivity contribution < 1.29 is 9.53 Å². The number of nitrogens with zero attached hydrogens (tertiary/aromatic N) is 1. The van der Waals surface area contributed by atoms with Gasteiger partial charge in [-0.05, 0) is 36.5 Å². The maximum Gasteiger partial charge on any atom is 0.226 e. The molecule has 1 saturated carbocycles. The van der Waals surface area contributed by atoms with Crippen molar-refractivity contribution in [2.45, 2.75) is 45.1 Å². The minimum absolute atomic E-state index is 0.206. The summed E-state index contributed by atoms with van der Waals surface area (Å²) in [5.74, 6) is 1.63. The van der Waals surface area contributed by atoms with E-state index in [1.807, 2.05) is 36.2 Å². The number of carbonyl (C=O) groups is 1. The molecule has 1 fully saturated rings. The third-order valence-electron chi connectivity index (χ3n) is 4.45. The normalized spacial score (nSPS) is 22.4. The number of carbonyl (C=O) groups excluding carboxylic acids is 1. The van der Waals surface area contributed by atoms with Gasteiger partial charge in [0, 0.05) is 13.1 Å². The van der Waals surface area contributed by atoms with Crippen LogP contribution in [-0.4, -0.2) is 31.0 Å². The van der Waals surface area contributed by atoms with Crippen molar-refractivity contribution in [1.29, 1.82) is 0 Å². The second-order valence-corrected chi connectivity index (χ2v) is 5.86. The molecule has 1 amide bonds. The maximum absolute atomic E-state index is 12.4. The summed E-state index contributed by atoms with van der Waals surface area (Å²) in [5, 5.41) is 0. The Kier molecular flexibility index (Phi) is 5.05. The Morgan fingerprint density at radius 3 is 2.80 bits per heavy atom. The molecule has 1 aliphatic carbocycles. The van der Waals surface area contributed by atoms with E-state index in [4.69, 9.17) is 4.74 Å². The molecule has 110 valence electrons. The van der Waals surface area contributed by atoms with E-state index in [0.29, 0.717) is 18.4 Å². The molecule has 2 unspecified atom stereocenters. The predicted molar refractivity (Wildman–Crippen MR) is 80.9 cm³/mol. The van der Waals surface area contributed by atoms with E-state index in [1.54, 1.807) is 7.11 Å². The molecule has 3 nitrogen and oxygen atoms in total. The summed E-state index contributed by atoms with van der Waals surface area (Å²) in [5.41, 5.74) is 1.02. The quantitative estimate of drug-likeness (QED) is 0.844. The van der Waals surface area contributed by atoms with Crippen LogP contribution in [0.15, 0.2) is 24.3 Å². The minimum Gasteiger partial charge on any atom is -0.497 e. The first-order valence-electron chi connectivity index (χ1n) is 7.50. The zero-order chi connectivity index (χ0) is 14.5. The van der Waals surface area contributed by atoms with Gasteiger partial charge in [0.05, 0.1) is 13.5 Å². The van der Waals surface area contributed by atoms with Crippen molar-refractivity contribution >= 4 is 5.91 Å². The smallest absolute Gasteiger partial charge is 0.226 e. The average molecular weight is 275 g/mol. The van der Waals surface area contributed by atoms with E-state index in [1.165, 1.54) is 19.3 Å². The Hall–Kier alpha value is -1.51. The number of rotatable bonds is 4. The number of ether oxygens (including phenoxy) is 1. The highest BCUT2D eigenvalue weighted by atomic mass is 16.5. The zero-order valence-electron chi connectivity index (χ0n) is 12.8. The summed E-state index contributed by atoms with van der Waals surface area (Å²) in [4.78, 5) is 14.4. The van der Waals surface area contributed by atoms with Crippen LogP contribution in [0.1, 0.15) is 38.2 Å². The molecule has 0 aromatic heterocycles. The molecule has 0 aliphatic heterocycles. The van der Waals surface area contributed by atoms with Crippen LogP contribution in [0, 0.1) is 5.92 Å². The van der Waals surface area contributed by atoms with Gasteiger partial charge < -0.3 is 9.64 Å². The van der Waals surface area contributed by atoms with Crippen molar-refractivity contribution in [2.24, 2.45) is 5.92 Å². The van der Waals surface area contributed by atoms with Crippen LogP contribution in [0.5, 0.6) is 5.75 Å². The zero-order valence-corrected chi connectivity index (χ0v) is 12.8. The monoisotopic (exact) mass is 275 g/mol. The minimum atomic E-state index is 0.206. The topological polar surface area (TPSA) is 29.5 Å². The highest BCUT2D eigenvalue weighted by Gasteiger charge is 2.27. The standard InChI is InChI=1S/C17H25NO2/c1-13-7-4-5-10-16(13)18(2)17(19)12-14-8-6-9-15(11-14)20-3/h6,8-9,11,13,16H,4-5,7,10,12H2,1-3H3. The van der Waals surface area contributed by atoms with Gasteiger partial charge in [0.1, 0.15) is 5.75 Å². The first-order valence-corrected chi connectivity index (χ1v) is 7.50. The van der Waals surface area contributed by atoms with E-state index < -0.39 is 0 Å². The number of methoxy groups -OCH3 is 1. The van der Waals surface area contributed by atoms with Gasteiger partial charge >= 0.3 is 0 Å². The number of amides is 1. The van der Waals surface area contributed by atoms with Crippen LogP contribution >= 0.6 is 0 Å². The lowest BCUT2D eigenvalue weighted by atomic mass is 9.85. The average Bonchev–Trinajstić information content (AvgIpc) is 2.47. The Morgan fingerprint density at radius 1 is 1.35 bits per heavy atom. The molecule has 2 atom stereocenters. The van der Waals surface area contributed by atoms with E-state index in [9.17, 15) is 4.79 Å². The molecule has 1 aromatic rings. The summed E-state index contributed by atoms with van der Waals surface area (Å²) in [6, 6.07) is 8.17. The summed E-state index contributed by atoms with van der Waals surface area (Å²) >= 11 is 0. The van der Waals surface area contributed by atoms with Crippen LogP contribution < -0.4 is 4.74 Å². The first kappa shape index (κ1) is 14.9. The largest absolute Gasteiger partial charge is 0.497 e. The fourth-order valence-corrected chi connectivity index (χ4v) is 3.14. The van der Waals surface area contributed by atoms with Gasteiger partial charge in [-0.1, -0.05) is 31.9 Å². The molecule has 0 bridgehead atoms. The lowest BCUT2D eigenvalue weighted by Crippen LogP contribution is -2.43. The molecule has 0 spiro atoms. The SMILES string of the molecule is COc1cccc(CC(=O)N(C)C2CCCCC2C)c1. The van der Waals surface area contributed by atoms with Crippen LogP contribution in [0.3, 0.4) is 0 Å². The molecule has 1 aromatic carbocycles. The molecule has 1 aliphatic rings. The molecule has 0 radical (unpaired) electrons. The first-order chi connectivity index (χ1) is 9.61. The molecule has 0 N–H and O–H groups in total. The summed E-state index contributed by atoms with van der Waals surface area (Å²) < 4.78 is 5.21. The van der Waals surface area contributed by atoms with Crippen LogP contribution in [0.25, 0.3) is 0 Å². The van der Waals surface area contributed by atoms with E-state index >= 15 is 0 Å². The van der Waals surface area contributed by atoms with Gasteiger partial charge in [0.2, 0.25) is 5.91 Å². The number of likely N-dealkylation sites (N-methyl/N-ethyl adjacent to an activating group) is 1. The van der Waals surface area contributed by atoms with E-state index in [2.05, 4.69) is 6.92 Å². The molecule has 0 saturated heterocycles. The van der Waals surface area contributed by atoms with Gasteiger partial charge in [0.15, 0.2) is 0 Å². The van der Waals surface area contributed by atoms with Crippen LogP contribution in [0.4, 0.5) is 0 Å². The molecule has 0 heterocycles. The molecular weight excluding hydrogens is 250 g/mol. The van der Waals surface area contributed by atoms with Crippen molar-refractivity contribution in [2.75, 3.05) is 14.2 Å². The Balaban J connectivity index is 1.99. The Labute approximate surface area is 121 Å². The third kappa shape index (κ3) is 3.53. The fraction of sp³-hybridized carbons (Fsp3) is 0.588. The predicted octanol–water partition coefficient (Wildman–Crippen LogP) is 3.27. The van der Waals surface area contributed by atoms with Crippen molar-refractivity contribution in [3.8, 4) is 5.75 Å². The van der Waals surface area contributed by atoms with Gasteiger partial charge in [-0.25, -0.2) is 0 Å². The van der Waals surface area contributed by atoms with E-state index in [0.717, 1.165) is 17.7 Å². The summed E-state index contributed by atoms with van der Waals surface area (Å²) in [7, 11) is 3.60. The summed E-state index contributed by atoms with van der Waals surface area (Å²) in [6.45, 7) is 2.26. The van der Waals surface area contributed by atoms with Crippen molar-refractivity contribution in [3.05, 3.63) is 29.8 Å². The van der Waals surface area contributed by atoms with Crippen molar-refractivity contribution in [3.63, 3.8) is 0 Å². The third-order valence-corrected chi connectivity index (χ3v) is 4.45. The highest BCUT2D eigenvalue weighted by Crippen LogP contribution is 2.27. The highest BCUT2D eigenvalue weighted by molar-refractivity contribution is 5.79. The number of hydrogen-bond acceptors (Lipinski definition) is 2. The number of hydrogen-bond donors (Lipinski definition) is 0. The lowest BCUT2D eigenvalue weighted by molar-refractivity contribution is -0.132. The summed E-state index contributed by atoms with van der Waals surface area (Å²) in [6.07, 6.45) is 5.38. The molecular formula is C17H25NO2. The number of benzene rings is 1. The molecule has 20 heavy (non-hydrogen) atoms. The maximum atomic E-state index is 12.4. The van der Waals surface area contributed by atoms with Gasteiger partial charge in [-0.2, -0.15) is 0 Å². The van der Waals surface area contributed by atoms with Gasteiger partial charge in [-0.3, -0.25) is 4.79 Å².